The Labute approximate surface area is 186 Å². The van der Waals surface area contributed by atoms with Crippen molar-refractivity contribution in [1.29, 1.82) is 0 Å². The van der Waals surface area contributed by atoms with Gasteiger partial charge in [0.15, 0.2) is 19.0 Å². The summed E-state index contributed by atoms with van der Waals surface area (Å²) in [5.41, 5.74) is 6.08. The second kappa shape index (κ2) is 8.99. The summed E-state index contributed by atoms with van der Waals surface area (Å²) in [7, 11) is 0. The second-order valence-electron chi connectivity index (χ2n) is 6.86. The molecule has 4 aromatic rings. The highest BCUT2D eigenvalue weighted by Crippen LogP contribution is 2.29. The lowest BCUT2D eigenvalue weighted by atomic mass is 10.2. The second-order valence-corrected chi connectivity index (χ2v) is 6.86. The molecule has 3 heterocycles. The van der Waals surface area contributed by atoms with E-state index in [4.69, 9.17) is 28.8 Å². The van der Waals surface area contributed by atoms with E-state index in [0.717, 1.165) is 0 Å². The van der Waals surface area contributed by atoms with Gasteiger partial charge in [-0.3, -0.25) is 0 Å². The maximum absolute atomic E-state index is 12.2. The van der Waals surface area contributed by atoms with Crippen molar-refractivity contribution in [2.45, 2.75) is 20.5 Å². The van der Waals surface area contributed by atoms with Crippen LogP contribution < -0.4 is 16.1 Å². The summed E-state index contributed by atoms with van der Waals surface area (Å²) in [6.07, 6.45) is 0. The van der Waals surface area contributed by atoms with Crippen molar-refractivity contribution in [3.8, 4) is 5.75 Å². The van der Waals surface area contributed by atoms with Crippen LogP contribution in [0, 0.1) is 6.92 Å². The molecule has 0 aliphatic heterocycles. The Bertz CT molecular complexity index is 1420. The van der Waals surface area contributed by atoms with Crippen LogP contribution in [-0.2, 0) is 20.9 Å². The Morgan fingerprint density at radius 2 is 1.88 bits per heavy atom. The maximum atomic E-state index is 12.2. The molecule has 170 valence electrons. The van der Waals surface area contributed by atoms with Gasteiger partial charge in [-0.15, -0.1) is 0 Å². The van der Waals surface area contributed by atoms with Crippen molar-refractivity contribution in [2.75, 3.05) is 18.9 Å². The number of nitrogen functional groups attached to an aromatic ring is 1. The van der Waals surface area contributed by atoms with Gasteiger partial charge >= 0.3 is 17.6 Å². The number of aryl methyl sites for hydroxylation is 1. The van der Waals surface area contributed by atoms with Gasteiger partial charge in [-0.25, -0.2) is 19.4 Å². The number of rotatable bonds is 7. The first-order valence-corrected chi connectivity index (χ1v) is 9.90. The molecule has 11 heteroatoms. The zero-order valence-electron chi connectivity index (χ0n) is 17.7. The molecule has 0 saturated carbocycles. The number of ether oxygens (including phenoxy) is 3. The molecule has 0 spiro atoms. The summed E-state index contributed by atoms with van der Waals surface area (Å²) in [6, 6.07) is 7.77. The maximum Gasteiger partial charge on any atom is 0.344 e. The van der Waals surface area contributed by atoms with Crippen molar-refractivity contribution in [1.82, 2.24) is 9.97 Å². The van der Waals surface area contributed by atoms with E-state index in [0.29, 0.717) is 22.5 Å². The quantitative estimate of drug-likeness (QED) is 0.324. The fourth-order valence-electron chi connectivity index (χ4n) is 3.16. The number of aromatic nitrogens is 2. The van der Waals surface area contributed by atoms with Crippen LogP contribution >= 0.6 is 0 Å². The summed E-state index contributed by atoms with van der Waals surface area (Å²) in [5, 5.41) is 0.959. The first kappa shape index (κ1) is 21.8. The standard InChI is InChI=1S/C22H19N3O8/c1-3-29-22(28)18-11(2)32-21-19(18)20(23)24-15(25-21)9-31-17(27)10-30-13-6-4-12-5-7-16(26)33-14(12)8-13/h4-8H,3,9-10H2,1-2H3,(H2,23,24,25). The Morgan fingerprint density at radius 1 is 1.09 bits per heavy atom. The lowest BCUT2D eigenvalue weighted by Crippen LogP contribution is -2.16. The molecule has 0 fully saturated rings. The molecular weight excluding hydrogens is 434 g/mol. The normalized spacial score (nSPS) is 11.0. The number of esters is 2. The molecule has 4 rings (SSSR count). The largest absolute Gasteiger partial charge is 0.482 e. The number of hydrogen-bond acceptors (Lipinski definition) is 11. The van der Waals surface area contributed by atoms with E-state index in [1.165, 1.54) is 12.1 Å². The zero-order chi connectivity index (χ0) is 23.5. The molecule has 0 atom stereocenters. The van der Waals surface area contributed by atoms with Crippen LogP contribution in [0.1, 0.15) is 28.9 Å². The molecule has 0 aliphatic carbocycles. The fourth-order valence-corrected chi connectivity index (χ4v) is 3.16. The molecule has 0 unspecified atom stereocenters. The number of nitrogens with zero attached hydrogens (tertiary/aromatic N) is 2. The van der Waals surface area contributed by atoms with Crippen LogP contribution in [-0.4, -0.2) is 35.1 Å². The van der Waals surface area contributed by atoms with Gasteiger partial charge in [0.1, 0.15) is 28.5 Å². The van der Waals surface area contributed by atoms with Gasteiger partial charge in [-0.2, -0.15) is 4.98 Å². The van der Waals surface area contributed by atoms with E-state index in [1.807, 2.05) is 0 Å². The van der Waals surface area contributed by atoms with Crippen molar-refractivity contribution in [3.63, 3.8) is 0 Å². The van der Waals surface area contributed by atoms with Gasteiger partial charge in [0.05, 0.1) is 12.0 Å². The monoisotopic (exact) mass is 453 g/mol. The van der Waals surface area contributed by atoms with Gasteiger partial charge in [-0.05, 0) is 32.0 Å². The van der Waals surface area contributed by atoms with E-state index in [1.54, 1.807) is 32.0 Å². The summed E-state index contributed by atoms with van der Waals surface area (Å²) >= 11 is 0. The van der Waals surface area contributed by atoms with Crippen LogP contribution in [0.2, 0.25) is 0 Å². The van der Waals surface area contributed by atoms with E-state index in [-0.39, 0.29) is 41.5 Å². The molecule has 0 radical (unpaired) electrons. The van der Waals surface area contributed by atoms with Gasteiger partial charge in [0.2, 0.25) is 5.71 Å². The molecule has 33 heavy (non-hydrogen) atoms. The number of carbonyl (C=O) groups excluding carboxylic acids is 2. The zero-order valence-corrected chi connectivity index (χ0v) is 17.7. The van der Waals surface area contributed by atoms with Crippen LogP contribution in [0.15, 0.2) is 44.0 Å². The topological polar surface area (TPSA) is 157 Å². The van der Waals surface area contributed by atoms with Crippen molar-refractivity contribution in [3.05, 3.63) is 57.9 Å². The van der Waals surface area contributed by atoms with Crippen LogP contribution in [0.25, 0.3) is 22.1 Å². The molecule has 0 amide bonds. The number of carbonyl (C=O) groups is 2. The molecule has 3 aromatic heterocycles. The van der Waals surface area contributed by atoms with Crippen molar-refractivity contribution >= 4 is 39.8 Å². The summed E-state index contributed by atoms with van der Waals surface area (Å²) in [5.74, 6) is -0.570. The third-order valence-corrected chi connectivity index (χ3v) is 4.59. The predicted octanol–water partition coefficient (Wildman–Crippen LogP) is 2.52. The minimum absolute atomic E-state index is 0.000131. The van der Waals surface area contributed by atoms with Crippen LogP contribution in [0.4, 0.5) is 5.82 Å². The van der Waals surface area contributed by atoms with Gasteiger partial charge in [0, 0.05) is 17.5 Å². The highest BCUT2D eigenvalue weighted by Gasteiger charge is 2.24. The number of anilines is 1. The lowest BCUT2D eigenvalue weighted by Gasteiger charge is -2.08. The fraction of sp³-hybridized carbons (Fsp3) is 0.227. The number of nitrogens with two attached hydrogens (primary N) is 1. The van der Waals surface area contributed by atoms with E-state index in [9.17, 15) is 14.4 Å². The minimum Gasteiger partial charge on any atom is -0.482 e. The highest BCUT2D eigenvalue weighted by molar-refractivity contribution is 6.07. The van der Waals surface area contributed by atoms with E-state index < -0.39 is 24.2 Å². The first-order chi connectivity index (χ1) is 15.9. The highest BCUT2D eigenvalue weighted by atomic mass is 16.6. The lowest BCUT2D eigenvalue weighted by molar-refractivity contribution is -0.147. The summed E-state index contributed by atoms with van der Waals surface area (Å²) in [4.78, 5) is 43.8. The van der Waals surface area contributed by atoms with E-state index >= 15 is 0 Å². The minimum atomic E-state index is -0.685. The average Bonchev–Trinajstić information content (AvgIpc) is 3.12. The number of hydrogen-bond donors (Lipinski definition) is 1. The van der Waals surface area contributed by atoms with E-state index in [2.05, 4.69) is 9.97 Å². The van der Waals surface area contributed by atoms with Gasteiger partial charge in [-0.1, -0.05) is 0 Å². The third kappa shape index (κ3) is 4.61. The third-order valence-electron chi connectivity index (χ3n) is 4.59. The summed E-state index contributed by atoms with van der Waals surface area (Å²) in [6.45, 7) is 2.78. The number of furan rings is 1. The average molecular weight is 453 g/mol. The summed E-state index contributed by atoms with van der Waals surface area (Å²) < 4.78 is 26.1. The molecule has 0 aliphatic rings. The number of fused-ring (bicyclic) bond motifs is 2. The van der Waals surface area contributed by atoms with Gasteiger partial charge in [0.25, 0.3) is 0 Å². The van der Waals surface area contributed by atoms with Gasteiger partial charge < -0.3 is 28.8 Å². The molecule has 0 saturated heterocycles. The number of benzene rings is 1. The first-order valence-electron chi connectivity index (χ1n) is 9.90. The Hall–Kier alpha value is -4.41. The SMILES string of the molecule is CCOC(=O)c1c(C)oc2nc(COC(=O)COc3ccc4ccc(=O)oc4c3)nc(N)c12. The Morgan fingerprint density at radius 3 is 2.67 bits per heavy atom. The smallest absolute Gasteiger partial charge is 0.344 e. The van der Waals surface area contributed by atoms with Crippen LogP contribution in [0.3, 0.4) is 0 Å². The molecule has 11 nitrogen and oxygen atoms in total. The molecule has 2 N–H and O–H groups in total. The van der Waals surface area contributed by atoms with Crippen LogP contribution in [0.5, 0.6) is 5.75 Å². The van der Waals surface area contributed by atoms with Crippen molar-refractivity contribution in [2.24, 2.45) is 0 Å². The molecular formula is C22H19N3O8. The Balaban J connectivity index is 1.41. The van der Waals surface area contributed by atoms with Crippen molar-refractivity contribution < 1.29 is 32.6 Å². The molecule has 1 aromatic carbocycles. The Kier molecular flexibility index (Phi) is 5.94. The predicted molar refractivity (Wildman–Crippen MR) is 115 cm³/mol. The molecule has 0 bridgehead atoms.